The van der Waals surface area contributed by atoms with Gasteiger partial charge in [-0.2, -0.15) is 5.48 Å². The Morgan fingerprint density at radius 3 is 2.64 bits per heavy atom. The molecule has 0 radical (unpaired) electrons. The Morgan fingerprint density at radius 1 is 1.55 bits per heavy atom. The fourth-order valence-electron chi connectivity index (χ4n) is 0.502. The third-order valence-electron chi connectivity index (χ3n) is 1.22. The fraction of sp³-hybridized carbons (Fsp3) is 0.625. The lowest BCUT2D eigenvalue weighted by Crippen LogP contribution is -2.42. The van der Waals surface area contributed by atoms with Crippen LogP contribution in [-0.2, 0) is 4.84 Å². The highest BCUT2D eigenvalue weighted by molar-refractivity contribution is 5.31. The molecular formula is C8H15N2O+. The highest BCUT2D eigenvalue weighted by atomic mass is 16.6. The molecule has 11 heavy (non-hydrogen) atoms. The number of nitrogens with one attached hydrogen (secondary N) is 1. The van der Waals surface area contributed by atoms with E-state index in [9.17, 15) is 0 Å². The third kappa shape index (κ3) is 4.76. The molecule has 0 fully saturated rings. The topological polar surface area (TPSA) is 21.3 Å². The van der Waals surface area contributed by atoms with Gasteiger partial charge in [-0.15, -0.1) is 5.73 Å². The van der Waals surface area contributed by atoms with Crippen LogP contribution in [0, 0.1) is 0 Å². The van der Waals surface area contributed by atoms with Crippen LogP contribution in [0.25, 0.3) is 0 Å². The molecule has 0 unspecified atom stereocenters. The molecule has 0 bridgehead atoms. The van der Waals surface area contributed by atoms with E-state index in [0.717, 1.165) is 16.7 Å². The van der Waals surface area contributed by atoms with E-state index >= 15 is 0 Å². The monoisotopic (exact) mass is 155 g/mol. The van der Waals surface area contributed by atoms with Crippen LogP contribution in [-0.4, -0.2) is 38.9 Å². The Bertz CT molecular complexity index is 197. The van der Waals surface area contributed by atoms with Gasteiger partial charge in [0.25, 0.3) is 0 Å². The maximum atomic E-state index is 5.14. The number of hydrogen-bond acceptors (Lipinski definition) is 2. The molecule has 3 heteroatoms. The van der Waals surface area contributed by atoms with Crippen molar-refractivity contribution in [2.75, 3.05) is 34.4 Å². The summed E-state index contributed by atoms with van der Waals surface area (Å²) in [6, 6.07) is 0. The molecule has 0 saturated heterocycles. The van der Waals surface area contributed by atoms with Gasteiger partial charge in [0, 0.05) is 5.57 Å². The first-order valence-electron chi connectivity index (χ1n) is 3.69. The third-order valence-corrected chi connectivity index (χ3v) is 1.22. The largest absolute Gasteiger partial charge is 0.317 e. The summed E-state index contributed by atoms with van der Waals surface area (Å²) in [6.07, 6.45) is 1.92. The molecule has 0 heterocycles. The molecular weight excluding hydrogens is 140 g/mol. The number of quaternary nitrogens is 1. The maximum absolute atomic E-state index is 5.14. The molecule has 0 saturated carbocycles. The standard InChI is InChI=1S/C8H15N2O/c1-10(2,3)7-9-11-6-8-4-5-8/h4,9H,6-7H2,1-3H3/q+1. The molecule has 0 aromatic carbocycles. The maximum Gasteiger partial charge on any atom is 0.154 e. The van der Waals surface area contributed by atoms with Gasteiger partial charge in [-0.3, -0.25) is 4.84 Å². The van der Waals surface area contributed by atoms with Crippen LogP contribution in [0.15, 0.2) is 17.4 Å². The molecule has 3 nitrogen and oxygen atoms in total. The zero-order valence-electron chi connectivity index (χ0n) is 7.35. The van der Waals surface area contributed by atoms with Gasteiger partial charge < -0.3 is 4.48 Å². The van der Waals surface area contributed by atoms with Gasteiger partial charge in [0.05, 0.1) is 21.1 Å². The summed E-state index contributed by atoms with van der Waals surface area (Å²) in [5.74, 6) is 0. The molecule has 0 spiro atoms. The Balaban J connectivity index is 1.91. The lowest BCUT2D eigenvalue weighted by atomic mass is 10.5. The predicted octanol–water partition coefficient (Wildman–Crippen LogP) is 0.266. The van der Waals surface area contributed by atoms with Crippen LogP contribution in [0.1, 0.15) is 0 Å². The normalized spacial score (nSPS) is 15.0. The van der Waals surface area contributed by atoms with Gasteiger partial charge in [0.1, 0.15) is 6.61 Å². The Kier molecular flexibility index (Phi) is 2.47. The van der Waals surface area contributed by atoms with Gasteiger partial charge in [-0.25, -0.2) is 0 Å². The molecule has 0 aromatic heterocycles. The molecule has 1 rings (SSSR count). The van der Waals surface area contributed by atoms with E-state index < -0.39 is 0 Å². The van der Waals surface area contributed by atoms with E-state index in [0.29, 0.717) is 6.61 Å². The molecule has 0 amide bonds. The summed E-state index contributed by atoms with van der Waals surface area (Å²) in [5.41, 5.74) is 6.99. The van der Waals surface area contributed by atoms with E-state index in [1.807, 2.05) is 6.08 Å². The summed E-state index contributed by atoms with van der Waals surface area (Å²) >= 11 is 0. The highest BCUT2D eigenvalue weighted by Gasteiger charge is 2.06. The predicted molar refractivity (Wildman–Crippen MR) is 43.6 cm³/mol. The molecule has 1 N–H and O–H groups in total. The zero-order chi connectivity index (χ0) is 8.32. The highest BCUT2D eigenvalue weighted by Crippen LogP contribution is 2.04. The van der Waals surface area contributed by atoms with Crippen molar-refractivity contribution >= 4 is 0 Å². The Labute approximate surface area is 67.5 Å². The van der Waals surface area contributed by atoms with Crippen molar-refractivity contribution in [2.24, 2.45) is 0 Å². The molecule has 62 valence electrons. The Morgan fingerprint density at radius 2 is 2.18 bits per heavy atom. The number of nitrogens with zero attached hydrogens (tertiary/aromatic N) is 1. The first-order chi connectivity index (χ1) is 5.08. The van der Waals surface area contributed by atoms with Gasteiger partial charge in [0.15, 0.2) is 6.67 Å². The molecule has 0 atom stereocenters. The van der Waals surface area contributed by atoms with Gasteiger partial charge in [-0.1, -0.05) is 0 Å². The average Bonchev–Trinajstić information content (AvgIpc) is 2.60. The lowest BCUT2D eigenvalue weighted by Gasteiger charge is -2.23. The second-order valence-electron chi connectivity index (χ2n) is 3.70. The summed E-state index contributed by atoms with van der Waals surface area (Å²) < 4.78 is 0.854. The van der Waals surface area contributed by atoms with E-state index in [-0.39, 0.29) is 0 Å². The quantitative estimate of drug-likeness (QED) is 0.202. The van der Waals surface area contributed by atoms with Crippen LogP contribution < -0.4 is 5.48 Å². The number of hydroxylamine groups is 1. The molecule has 1 aliphatic carbocycles. The minimum atomic E-state index is 0.639. The van der Waals surface area contributed by atoms with E-state index in [1.54, 1.807) is 0 Å². The van der Waals surface area contributed by atoms with Crippen LogP contribution in [0.3, 0.4) is 0 Å². The summed E-state index contributed by atoms with van der Waals surface area (Å²) in [7, 11) is 6.31. The van der Waals surface area contributed by atoms with E-state index in [4.69, 9.17) is 4.84 Å². The lowest BCUT2D eigenvalue weighted by molar-refractivity contribution is -0.876. The summed E-state index contributed by atoms with van der Waals surface area (Å²) in [6.45, 7) is 1.45. The Hall–Kier alpha value is -0.600. The van der Waals surface area contributed by atoms with Crippen LogP contribution in [0.5, 0.6) is 0 Å². The van der Waals surface area contributed by atoms with Crippen LogP contribution >= 0.6 is 0 Å². The summed E-state index contributed by atoms with van der Waals surface area (Å²) in [5, 5.41) is 0. The van der Waals surface area contributed by atoms with Crippen molar-refractivity contribution in [3.63, 3.8) is 0 Å². The molecule has 0 aromatic rings. The first-order valence-corrected chi connectivity index (χ1v) is 3.69. The van der Waals surface area contributed by atoms with Crippen molar-refractivity contribution in [1.82, 2.24) is 5.48 Å². The van der Waals surface area contributed by atoms with Gasteiger partial charge in [-0.05, 0) is 6.08 Å². The fourth-order valence-corrected chi connectivity index (χ4v) is 0.502. The summed E-state index contributed by atoms with van der Waals surface area (Å²) in [4.78, 5) is 5.14. The minimum absolute atomic E-state index is 0.639. The van der Waals surface area contributed by atoms with Gasteiger partial charge >= 0.3 is 0 Å². The van der Waals surface area contributed by atoms with Crippen LogP contribution in [0.4, 0.5) is 0 Å². The minimum Gasteiger partial charge on any atom is -0.317 e. The van der Waals surface area contributed by atoms with E-state index in [1.165, 1.54) is 0 Å². The van der Waals surface area contributed by atoms with E-state index in [2.05, 4.69) is 32.4 Å². The van der Waals surface area contributed by atoms with Crippen molar-refractivity contribution in [3.05, 3.63) is 17.4 Å². The van der Waals surface area contributed by atoms with Crippen molar-refractivity contribution in [1.29, 1.82) is 0 Å². The number of hydrogen-bond donors (Lipinski definition) is 1. The average molecular weight is 155 g/mol. The second-order valence-corrected chi connectivity index (χ2v) is 3.70. The second kappa shape index (κ2) is 3.20. The van der Waals surface area contributed by atoms with Crippen molar-refractivity contribution < 1.29 is 9.32 Å². The zero-order valence-corrected chi connectivity index (χ0v) is 7.35. The smallest absolute Gasteiger partial charge is 0.154 e. The number of rotatable bonds is 5. The van der Waals surface area contributed by atoms with Crippen LogP contribution in [0.2, 0.25) is 0 Å². The SMILES string of the molecule is C[N+](C)(C)CNOCC1=C=C1. The molecule has 0 aliphatic heterocycles. The van der Waals surface area contributed by atoms with Crippen molar-refractivity contribution in [2.45, 2.75) is 0 Å². The molecule has 1 aliphatic rings. The van der Waals surface area contributed by atoms with Gasteiger partial charge in [0.2, 0.25) is 0 Å². The first kappa shape index (κ1) is 8.50. The van der Waals surface area contributed by atoms with Crippen molar-refractivity contribution in [3.8, 4) is 0 Å².